The second kappa shape index (κ2) is 9.85. The van der Waals surface area contributed by atoms with Crippen LogP contribution in [-0.2, 0) is 40.8 Å². The molecule has 1 aromatic carbocycles. The Labute approximate surface area is 161 Å². The minimum Gasteiger partial charge on any atom is -0.464 e. The quantitative estimate of drug-likeness (QED) is 0.505. The summed E-state index contributed by atoms with van der Waals surface area (Å²) in [4.78, 5) is 23.3. The second-order valence-electron chi connectivity index (χ2n) is 7.55. The number of hydrogen-bond acceptors (Lipinski definition) is 6. The van der Waals surface area contributed by atoms with Crippen LogP contribution in [-0.4, -0.2) is 39.5 Å². The van der Waals surface area contributed by atoms with E-state index in [0.29, 0.717) is 5.56 Å². The predicted octanol–water partition coefficient (Wildman–Crippen LogP) is 2.19. The zero-order valence-corrected chi connectivity index (χ0v) is 17.4. The van der Waals surface area contributed by atoms with Crippen LogP contribution in [0.1, 0.15) is 45.7 Å². The van der Waals surface area contributed by atoms with Crippen molar-refractivity contribution in [2.24, 2.45) is 5.41 Å². The van der Waals surface area contributed by atoms with Gasteiger partial charge < -0.3 is 10.1 Å². The fraction of sp³-hybridized carbons (Fsp3) is 0.579. The summed E-state index contributed by atoms with van der Waals surface area (Å²) in [5.74, 6) is -1.06. The van der Waals surface area contributed by atoms with Crippen LogP contribution in [0.25, 0.3) is 0 Å². The average molecular weight is 400 g/mol. The lowest BCUT2D eigenvalue weighted by atomic mass is 9.99. The summed E-state index contributed by atoms with van der Waals surface area (Å²) in [6.45, 7) is 9.05. The van der Waals surface area contributed by atoms with Crippen LogP contribution in [0.5, 0.6) is 0 Å². The van der Waals surface area contributed by atoms with Crippen molar-refractivity contribution in [1.29, 1.82) is 0 Å². The maximum atomic E-state index is 12.1. The maximum Gasteiger partial charge on any atom is 0.328 e. The number of carbonyl (C=O) groups excluding carboxylic acids is 2. The first-order valence-corrected chi connectivity index (χ1v) is 10.4. The van der Waals surface area contributed by atoms with E-state index >= 15 is 0 Å². The predicted molar refractivity (Wildman–Crippen MR) is 102 cm³/mol. The van der Waals surface area contributed by atoms with Gasteiger partial charge >= 0.3 is 5.97 Å². The Balaban J connectivity index is 2.76. The van der Waals surface area contributed by atoms with E-state index in [9.17, 15) is 18.0 Å². The highest BCUT2D eigenvalue weighted by molar-refractivity contribution is 7.85. The van der Waals surface area contributed by atoms with Crippen LogP contribution in [0.4, 0.5) is 0 Å². The third-order valence-electron chi connectivity index (χ3n) is 3.43. The molecule has 0 heterocycles. The number of carbonyl (C=O) groups is 2. The molecule has 1 N–H and O–H groups in total. The van der Waals surface area contributed by atoms with Crippen LogP contribution in [0.15, 0.2) is 24.3 Å². The number of hydrogen-bond donors (Lipinski definition) is 1. The van der Waals surface area contributed by atoms with E-state index in [4.69, 9.17) is 8.92 Å². The Morgan fingerprint density at radius 3 is 2.15 bits per heavy atom. The fourth-order valence-electron chi connectivity index (χ4n) is 2.20. The van der Waals surface area contributed by atoms with Gasteiger partial charge in [-0.1, -0.05) is 45.0 Å². The molecule has 0 aliphatic heterocycles. The van der Waals surface area contributed by atoms with Gasteiger partial charge in [-0.3, -0.25) is 8.98 Å². The van der Waals surface area contributed by atoms with E-state index in [2.05, 4.69) is 5.32 Å². The number of amides is 1. The minimum atomic E-state index is -3.67. The Kier molecular flexibility index (Phi) is 8.43. The van der Waals surface area contributed by atoms with Crippen molar-refractivity contribution in [1.82, 2.24) is 5.32 Å². The van der Waals surface area contributed by atoms with Gasteiger partial charge in [0.1, 0.15) is 11.8 Å². The standard InChI is InChI=1S/C19H29NO6S/c1-6-25-18(22)17(20-14(2)21)11-15-7-9-16(10-8-15)12-27(23,24)26-13-19(3,4)5/h7-10,17H,6,11-13H2,1-5H3,(H,20,21)/t17-/m0/s1. The molecule has 1 rings (SSSR count). The molecule has 0 aromatic heterocycles. The van der Waals surface area contributed by atoms with Gasteiger partial charge in [0.25, 0.3) is 10.1 Å². The van der Waals surface area contributed by atoms with Gasteiger partial charge in [-0.2, -0.15) is 8.42 Å². The molecule has 0 saturated heterocycles. The van der Waals surface area contributed by atoms with Gasteiger partial charge in [0, 0.05) is 13.3 Å². The molecule has 0 aliphatic rings. The third kappa shape index (κ3) is 9.53. The number of rotatable bonds is 9. The highest BCUT2D eigenvalue weighted by Gasteiger charge is 2.22. The molecule has 0 saturated carbocycles. The summed E-state index contributed by atoms with van der Waals surface area (Å²) in [7, 11) is -3.67. The molecular formula is C19H29NO6S. The van der Waals surface area contributed by atoms with Crippen molar-refractivity contribution in [3.8, 4) is 0 Å². The highest BCUT2D eigenvalue weighted by atomic mass is 32.2. The minimum absolute atomic E-state index is 0.116. The fourth-order valence-corrected chi connectivity index (χ4v) is 3.42. The Hall–Kier alpha value is -1.93. The van der Waals surface area contributed by atoms with Crippen LogP contribution < -0.4 is 5.32 Å². The van der Waals surface area contributed by atoms with E-state index in [-0.39, 0.29) is 36.7 Å². The Bertz CT molecular complexity index is 734. The van der Waals surface area contributed by atoms with Crippen LogP contribution in [0, 0.1) is 5.41 Å². The Morgan fingerprint density at radius 2 is 1.67 bits per heavy atom. The topological polar surface area (TPSA) is 98.8 Å². The second-order valence-corrected chi connectivity index (χ2v) is 9.19. The van der Waals surface area contributed by atoms with Crippen molar-refractivity contribution >= 4 is 22.0 Å². The number of benzene rings is 1. The molecule has 7 nitrogen and oxygen atoms in total. The molecule has 27 heavy (non-hydrogen) atoms. The molecule has 1 aromatic rings. The van der Waals surface area contributed by atoms with Crippen molar-refractivity contribution in [2.75, 3.05) is 13.2 Å². The average Bonchev–Trinajstić information content (AvgIpc) is 2.53. The lowest BCUT2D eigenvalue weighted by Gasteiger charge is -2.18. The zero-order chi connectivity index (χ0) is 20.7. The largest absolute Gasteiger partial charge is 0.464 e. The molecule has 0 unspecified atom stereocenters. The summed E-state index contributed by atoms with van der Waals surface area (Å²) in [5, 5.41) is 2.57. The number of esters is 1. The molecule has 8 heteroatoms. The molecule has 1 atom stereocenters. The van der Waals surface area contributed by atoms with Gasteiger partial charge in [-0.25, -0.2) is 4.79 Å². The van der Waals surface area contributed by atoms with E-state index in [1.807, 2.05) is 20.8 Å². The van der Waals surface area contributed by atoms with Crippen LogP contribution in [0.3, 0.4) is 0 Å². The summed E-state index contributed by atoms with van der Waals surface area (Å²) in [6, 6.07) is 6.00. The van der Waals surface area contributed by atoms with Gasteiger partial charge in [-0.05, 0) is 23.5 Å². The molecule has 0 fully saturated rings. The van der Waals surface area contributed by atoms with Gasteiger partial charge in [0.2, 0.25) is 5.91 Å². The van der Waals surface area contributed by atoms with E-state index in [0.717, 1.165) is 5.56 Å². The van der Waals surface area contributed by atoms with E-state index in [1.54, 1.807) is 31.2 Å². The molecule has 152 valence electrons. The molecule has 0 bridgehead atoms. The highest BCUT2D eigenvalue weighted by Crippen LogP contribution is 2.17. The Morgan fingerprint density at radius 1 is 1.11 bits per heavy atom. The first kappa shape index (κ1) is 23.1. The first-order chi connectivity index (χ1) is 12.4. The van der Waals surface area contributed by atoms with Gasteiger partial charge in [0.05, 0.1) is 13.2 Å². The first-order valence-electron chi connectivity index (χ1n) is 8.80. The number of nitrogens with one attached hydrogen (secondary N) is 1. The van der Waals surface area contributed by atoms with Crippen LogP contribution >= 0.6 is 0 Å². The molecular weight excluding hydrogens is 370 g/mol. The van der Waals surface area contributed by atoms with E-state index < -0.39 is 22.1 Å². The van der Waals surface area contributed by atoms with Crippen LogP contribution in [0.2, 0.25) is 0 Å². The molecule has 1 amide bonds. The maximum absolute atomic E-state index is 12.1. The van der Waals surface area contributed by atoms with Crippen molar-refractivity contribution in [2.45, 2.75) is 52.8 Å². The zero-order valence-electron chi connectivity index (χ0n) is 16.6. The SMILES string of the molecule is CCOC(=O)[C@H](Cc1ccc(CS(=O)(=O)OCC(C)(C)C)cc1)NC(C)=O. The summed E-state index contributed by atoms with van der Waals surface area (Å²) < 4.78 is 34.2. The lowest BCUT2D eigenvalue weighted by Crippen LogP contribution is -2.42. The van der Waals surface area contributed by atoms with Gasteiger partial charge in [-0.15, -0.1) is 0 Å². The van der Waals surface area contributed by atoms with Crippen molar-refractivity contribution in [3.63, 3.8) is 0 Å². The molecule has 0 spiro atoms. The molecule has 0 aliphatic carbocycles. The monoisotopic (exact) mass is 399 g/mol. The van der Waals surface area contributed by atoms with E-state index in [1.165, 1.54) is 6.92 Å². The van der Waals surface area contributed by atoms with Crippen molar-refractivity contribution in [3.05, 3.63) is 35.4 Å². The molecule has 0 radical (unpaired) electrons. The van der Waals surface area contributed by atoms with Gasteiger partial charge in [0.15, 0.2) is 0 Å². The summed E-state index contributed by atoms with van der Waals surface area (Å²) >= 11 is 0. The summed E-state index contributed by atoms with van der Waals surface area (Å²) in [6.07, 6.45) is 0.256. The van der Waals surface area contributed by atoms with Crippen molar-refractivity contribution < 1.29 is 26.9 Å². The number of ether oxygens (including phenoxy) is 1. The smallest absolute Gasteiger partial charge is 0.328 e. The summed E-state index contributed by atoms with van der Waals surface area (Å²) in [5.41, 5.74) is 1.11. The normalized spacial score (nSPS) is 13.1. The third-order valence-corrected chi connectivity index (χ3v) is 4.59. The lowest BCUT2D eigenvalue weighted by molar-refractivity contribution is -0.147.